The second-order valence-corrected chi connectivity index (χ2v) is 9.58. The summed E-state index contributed by atoms with van der Waals surface area (Å²) in [5.74, 6) is 1.42. The number of rotatable bonds is 5. The second-order valence-electron chi connectivity index (χ2n) is 9.58. The number of fused-ring (bicyclic) bond motifs is 1. The number of piperidine rings is 1. The van der Waals surface area contributed by atoms with Crippen LogP contribution in [0.2, 0.25) is 0 Å². The number of benzene rings is 1. The number of aryl methyl sites for hydroxylation is 2. The fourth-order valence-electron chi connectivity index (χ4n) is 5.21. The van der Waals surface area contributed by atoms with Gasteiger partial charge in [-0.05, 0) is 92.0 Å². The van der Waals surface area contributed by atoms with E-state index < -0.39 is 0 Å². The van der Waals surface area contributed by atoms with Crippen LogP contribution < -0.4 is 5.56 Å². The van der Waals surface area contributed by atoms with Crippen molar-refractivity contribution in [3.63, 3.8) is 0 Å². The van der Waals surface area contributed by atoms with Gasteiger partial charge in [-0.2, -0.15) is 0 Å². The van der Waals surface area contributed by atoms with Crippen LogP contribution in [0.3, 0.4) is 0 Å². The number of ether oxygens (including phenoxy) is 1. The highest BCUT2D eigenvalue weighted by molar-refractivity contribution is 5.83. The van der Waals surface area contributed by atoms with E-state index in [4.69, 9.17) is 4.74 Å². The third-order valence-corrected chi connectivity index (χ3v) is 7.00. The predicted octanol–water partition coefficient (Wildman–Crippen LogP) is 3.13. The number of nitrogens with one attached hydrogen (secondary N) is 1. The zero-order valence-corrected chi connectivity index (χ0v) is 19.2. The average molecular weight is 437 g/mol. The zero-order valence-electron chi connectivity index (χ0n) is 19.2. The van der Waals surface area contributed by atoms with Crippen LogP contribution in [-0.4, -0.2) is 55.9 Å². The fourth-order valence-corrected chi connectivity index (χ4v) is 5.21. The maximum Gasteiger partial charge on any atom is 0.253 e. The molecular formula is C24H32N6O2. The quantitative estimate of drug-likeness (QED) is 0.661. The van der Waals surface area contributed by atoms with E-state index in [0.29, 0.717) is 18.0 Å². The smallest absolute Gasteiger partial charge is 0.253 e. The maximum atomic E-state index is 13.4. The molecule has 1 N–H and O–H groups in total. The zero-order chi connectivity index (χ0) is 22.2. The van der Waals surface area contributed by atoms with Gasteiger partial charge in [0.25, 0.3) is 5.56 Å². The van der Waals surface area contributed by atoms with Crippen LogP contribution in [0.15, 0.2) is 23.0 Å². The molecule has 2 atom stereocenters. The Labute approximate surface area is 188 Å². The van der Waals surface area contributed by atoms with Crippen molar-refractivity contribution < 1.29 is 4.74 Å². The summed E-state index contributed by atoms with van der Waals surface area (Å²) in [5, 5.41) is 13.8. The Morgan fingerprint density at radius 1 is 1.19 bits per heavy atom. The first-order valence-corrected chi connectivity index (χ1v) is 11.8. The van der Waals surface area contributed by atoms with Crippen molar-refractivity contribution in [1.29, 1.82) is 0 Å². The normalized spacial score (nSPS) is 21.4. The van der Waals surface area contributed by atoms with Crippen molar-refractivity contribution in [2.75, 3.05) is 19.7 Å². The summed E-state index contributed by atoms with van der Waals surface area (Å²) in [7, 11) is 0. The van der Waals surface area contributed by atoms with Gasteiger partial charge in [-0.3, -0.25) is 9.69 Å². The van der Waals surface area contributed by atoms with Crippen LogP contribution in [0.1, 0.15) is 61.2 Å². The first-order valence-electron chi connectivity index (χ1n) is 11.8. The third-order valence-electron chi connectivity index (χ3n) is 7.00. The summed E-state index contributed by atoms with van der Waals surface area (Å²) in [6.07, 6.45) is 4.42. The molecule has 0 saturated carbocycles. The molecule has 2 aliphatic heterocycles. The van der Waals surface area contributed by atoms with Gasteiger partial charge in [-0.1, -0.05) is 18.6 Å². The first kappa shape index (κ1) is 21.3. The Bertz CT molecular complexity index is 1150. The van der Waals surface area contributed by atoms with E-state index >= 15 is 0 Å². The van der Waals surface area contributed by atoms with E-state index in [1.165, 1.54) is 5.56 Å². The average Bonchev–Trinajstić information content (AvgIpc) is 3.44. The van der Waals surface area contributed by atoms with Crippen molar-refractivity contribution in [1.82, 2.24) is 30.1 Å². The molecule has 8 heteroatoms. The van der Waals surface area contributed by atoms with E-state index in [1.54, 1.807) is 0 Å². The number of hydrogen-bond acceptors (Lipinski definition) is 6. The molecule has 3 aromatic rings. The number of nitrogens with zero attached hydrogens (tertiary/aromatic N) is 5. The minimum absolute atomic E-state index is 0.0697. The number of H-pyrrole nitrogens is 1. The molecule has 0 spiro atoms. The molecule has 32 heavy (non-hydrogen) atoms. The molecule has 2 aliphatic rings. The van der Waals surface area contributed by atoms with Gasteiger partial charge in [0.2, 0.25) is 0 Å². The highest BCUT2D eigenvalue weighted by Crippen LogP contribution is 2.31. The van der Waals surface area contributed by atoms with Gasteiger partial charge in [-0.15, -0.1) is 5.10 Å². The Balaban J connectivity index is 1.61. The van der Waals surface area contributed by atoms with Crippen molar-refractivity contribution in [2.45, 2.75) is 65.1 Å². The Morgan fingerprint density at radius 2 is 2.00 bits per heavy atom. The molecule has 2 aromatic heterocycles. The molecule has 0 unspecified atom stereocenters. The van der Waals surface area contributed by atoms with Gasteiger partial charge in [0.05, 0.1) is 18.2 Å². The number of aromatic nitrogens is 5. The molecular weight excluding hydrogens is 404 g/mol. The summed E-state index contributed by atoms with van der Waals surface area (Å²) in [6, 6.07) is 5.99. The van der Waals surface area contributed by atoms with Crippen LogP contribution in [0.4, 0.5) is 0 Å². The van der Waals surface area contributed by atoms with Crippen molar-refractivity contribution >= 4 is 10.9 Å². The van der Waals surface area contributed by atoms with E-state index in [9.17, 15) is 4.79 Å². The van der Waals surface area contributed by atoms with Gasteiger partial charge >= 0.3 is 0 Å². The molecule has 1 aromatic carbocycles. The summed E-state index contributed by atoms with van der Waals surface area (Å²) in [4.78, 5) is 18.9. The molecule has 2 fully saturated rings. The molecule has 0 amide bonds. The van der Waals surface area contributed by atoms with Crippen LogP contribution >= 0.6 is 0 Å². The fraction of sp³-hybridized carbons (Fsp3) is 0.583. The third kappa shape index (κ3) is 4.09. The maximum absolute atomic E-state index is 13.4. The largest absolute Gasteiger partial charge is 0.376 e. The SMILES string of the molecule is Cc1cc(C)c2[nH]c(=O)c([C@H](c3nnnn3C[C@@H]3CCCO3)N3CCC(C)CC3)cc2c1. The molecule has 0 radical (unpaired) electrons. The minimum atomic E-state index is -0.284. The second kappa shape index (κ2) is 8.75. The number of aromatic amines is 1. The topological polar surface area (TPSA) is 88.9 Å². The van der Waals surface area contributed by atoms with E-state index in [2.05, 4.69) is 51.4 Å². The monoisotopic (exact) mass is 436 g/mol. The van der Waals surface area contributed by atoms with Gasteiger partial charge in [0.15, 0.2) is 5.82 Å². The molecule has 4 heterocycles. The lowest BCUT2D eigenvalue weighted by atomic mass is 9.95. The van der Waals surface area contributed by atoms with Gasteiger partial charge in [-0.25, -0.2) is 4.68 Å². The van der Waals surface area contributed by atoms with Crippen molar-refractivity contribution in [2.24, 2.45) is 5.92 Å². The standard InChI is InChI=1S/C24H32N6O2/c1-15-6-8-29(9-7-15)22(23-26-27-28-30(23)14-19-5-4-10-32-19)20-13-18-12-16(2)11-17(3)21(18)25-24(20)31/h11-13,15,19,22H,4-10,14H2,1-3H3,(H,25,31)/t19-,22+/m0/s1. The summed E-state index contributed by atoms with van der Waals surface area (Å²) in [6.45, 7) is 9.67. The number of likely N-dealkylation sites (tertiary alicyclic amines) is 1. The Morgan fingerprint density at radius 3 is 2.75 bits per heavy atom. The summed E-state index contributed by atoms with van der Waals surface area (Å²) in [5.41, 5.74) is 3.80. The van der Waals surface area contributed by atoms with Gasteiger partial charge < -0.3 is 9.72 Å². The number of tetrazole rings is 1. The lowest BCUT2D eigenvalue weighted by Crippen LogP contribution is -2.40. The highest BCUT2D eigenvalue weighted by Gasteiger charge is 2.33. The number of pyridine rings is 1. The first-order chi connectivity index (χ1) is 15.5. The molecule has 0 bridgehead atoms. The predicted molar refractivity (Wildman–Crippen MR) is 123 cm³/mol. The van der Waals surface area contributed by atoms with E-state index in [-0.39, 0.29) is 17.7 Å². The molecule has 5 rings (SSSR count). The summed E-state index contributed by atoms with van der Waals surface area (Å²) < 4.78 is 7.69. The van der Waals surface area contributed by atoms with Crippen LogP contribution in [-0.2, 0) is 11.3 Å². The Hall–Kier alpha value is -2.58. The summed E-state index contributed by atoms with van der Waals surface area (Å²) >= 11 is 0. The van der Waals surface area contributed by atoms with Crippen molar-refractivity contribution in [3.05, 3.63) is 51.1 Å². The molecule has 0 aliphatic carbocycles. The number of hydrogen-bond donors (Lipinski definition) is 1. The molecule has 8 nitrogen and oxygen atoms in total. The van der Waals surface area contributed by atoms with Crippen LogP contribution in [0.25, 0.3) is 10.9 Å². The van der Waals surface area contributed by atoms with Gasteiger partial charge in [0, 0.05) is 12.2 Å². The Kier molecular flexibility index (Phi) is 5.82. The highest BCUT2D eigenvalue weighted by atomic mass is 16.5. The van der Waals surface area contributed by atoms with E-state index in [1.807, 2.05) is 17.7 Å². The lowest BCUT2D eigenvalue weighted by molar-refractivity contribution is 0.0894. The molecule has 2 saturated heterocycles. The van der Waals surface area contributed by atoms with E-state index in [0.717, 1.165) is 67.7 Å². The lowest BCUT2D eigenvalue weighted by Gasteiger charge is -2.36. The van der Waals surface area contributed by atoms with Gasteiger partial charge in [0.1, 0.15) is 6.04 Å². The minimum Gasteiger partial charge on any atom is -0.376 e. The molecule has 170 valence electrons. The van der Waals surface area contributed by atoms with Crippen LogP contribution in [0.5, 0.6) is 0 Å². The van der Waals surface area contributed by atoms with Crippen molar-refractivity contribution in [3.8, 4) is 0 Å². The van der Waals surface area contributed by atoms with Crippen LogP contribution in [0, 0.1) is 19.8 Å².